The van der Waals surface area contributed by atoms with Gasteiger partial charge in [0, 0.05) is 30.6 Å². The number of aliphatic hydroxyl groups excluding tert-OH is 1. The smallest absolute Gasteiger partial charge is 0.123 e. The third-order valence-electron chi connectivity index (χ3n) is 4.09. The van der Waals surface area contributed by atoms with Crippen LogP contribution in [0, 0.1) is 17.8 Å². The summed E-state index contributed by atoms with van der Waals surface area (Å²) in [5.74, 6) is 7.84. The van der Waals surface area contributed by atoms with Crippen LogP contribution in [0.15, 0.2) is 18.2 Å². The molecule has 114 valence electrons. The molecule has 1 aliphatic rings. The fraction of sp³-hybridized carbons (Fsp3) is 0.556. The van der Waals surface area contributed by atoms with Gasteiger partial charge in [-0.25, -0.2) is 0 Å². The van der Waals surface area contributed by atoms with Crippen molar-refractivity contribution in [2.75, 3.05) is 26.8 Å². The second kappa shape index (κ2) is 8.07. The summed E-state index contributed by atoms with van der Waals surface area (Å²) in [5.41, 5.74) is 2.19. The van der Waals surface area contributed by atoms with Gasteiger partial charge in [-0.05, 0) is 37.1 Å². The fourth-order valence-electron chi connectivity index (χ4n) is 2.83. The van der Waals surface area contributed by atoms with E-state index < -0.39 is 0 Å². The van der Waals surface area contributed by atoms with Gasteiger partial charge in [-0.1, -0.05) is 25.2 Å². The van der Waals surface area contributed by atoms with E-state index in [0.29, 0.717) is 6.42 Å². The molecule has 0 bridgehead atoms. The Morgan fingerprint density at radius 1 is 1.43 bits per heavy atom. The van der Waals surface area contributed by atoms with Crippen LogP contribution in [0.1, 0.15) is 37.3 Å². The summed E-state index contributed by atoms with van der Waals surface area (Å²) in [7, 11) is 1.72. The van der Waals surface area contributed by atoms with Crippen molar-refractivity contribution in [2.24, 2.45) is 5.92 Å². The summed E-state index contributed by atoms with van der Waals surface area (Å²) in [6.45, 7) is 5.66. The molecule has 0 amide bonds. The van der Waals surface area contributed by atoms with Gasteiger partial charge in [-0.3, -0.25) is 4.90 Å². The van der Waals surface area contributed by atoms with Crippen molar-refractivity contribution in [2.45, 2.75) is 32.7 Å². The second-order valence-corrected chi connectivity index (χ2v) is 5.60. The molecule has 0 spiro atoms. The first-order valence-corrected chi connectivity index (χ1v) is 7.75. The molecule has 1 saturated heterocycles. The van der Waals surface area contributed by atoms with Crippen molar-refractivity contribution in [3.8, 4) is 17.6 Å². The molecule has 1 aromatic rings. The molecule has 1 unspecified atom stereocenters. The molecule has 1 fully saturated rings. The Morgan fingerprint density at radius 3 is 2.95 bits per heavy atom. The van der Waals surface area contributed by atoms with Crippen molar-refractivity contribution in [3.05, 3.63) is 29.3 Å². The van der Waals surface area contributed by atoms with Crippen LogP contribution < -0.4 is 4.74 Å². The summed E-state index contributed by atoms with van der Waals surface area (Å²) in [6.07, 6.45) is 3.08. The van der Waals surface area contributed by atoms with Crippen LogP contribution in [0.3, 0.4) is 0 Å². The Morgan fingerprint density at radius 2 is 2.29 bits per heavy atom. The molecule has 1 aromatic carbocycles. The van der Waals surface area contributed by atoms with E-state index in [1.807, 2.05) is 12.1 Å². The highest BCUT2D eigenvalue weighted by Gasteiger charge is 2.21. The second-order valence-electron chi connectivity index (χ2n) is 5.60. The number of methoxy groups -OCH3 is 1. The number of hydrogen-bond donors (Lipinski definition) is 1. The van der Waals surface area contributed by atoms with Crippen LogP contribution >= 0.6 is 0 Å². The van der Waals surface area contributed by atoms with Crippen LogP contribution in [0.5, 0.6) is 5.75 Å². The third kappa shape index (κ3) is 4.49. The lowest BCUT2D eigenvalue weighted by Crippen LogP contribution is -2.20. The average molecular weight is 287 g/mol. The highest BCUT2D eigenvalue weighted by molar-refractivity contribution is 5.44. The number of likely N-dealkylation sites (tertiary alicyclic amines) is 1. The van der Waals surface area contributed by atoms with Crippen molar-refractivity contribution in [1.29, 1.82) is 0 Å². The zero-order valence-electron chi connectivity index (χ0n) is 13.1. The van der Waals surface area contributed by atoms with Gasteiger partial charge in [-0.2, -0.15) is 0 Å². The monoisotopic (exact) mass is 287 g/mol. The van der Waals surface area contributed by atoms with Crippen LogP contribution in [0.25, 0.3) is 0 Å². The molecule has 21 heavy (non-hydrogen) atoms. The van der Waals surface area contributed by atoms with E-state index in [1.54, 1.807) is 7.11 Å². The first-order chi connectivity index (χ1) is 10.3. The molecule has 0 radical (unpaired) electrons. The zero-order chi connectivity index (χ0) is 15.1. The lowest BCUT2D eigenvalue weighted by atomic mass is 10.1. The maximum Gasteiger partial charge on any atom is 0.123 e. The van der Waals surface area contributed by atoms with Crippen LogP contribution in [0.4, 0.5) is 0 Å². The number of rotatable bonds is 5. The van der Waals surface area contributed by atoms with E-state index in [-0.39, 0.29) is 6.61 Å². The number of aliphatic hydroxyl groups is 1. The van der Waals surface area contributed by atoms with Crippen molar-refractivity contribution >= 4 is 0 Å². The average Bonchev–Trinajstić information content (AvgIpc) is 2.95. The Labute approximate surface area is 127 Å². The van der Waals surface area contributed by atoms with Gasteiger partial charge in [0.15, 0.2) is 0 Å². The Kier molecular flexibility index (Phi) is 6.10. The Balaban J connectivity index is 2.09. The quantitative estimate of drug-likeness (QED) is 0.845. The molecule has 0 aromatic heterocycles. The first kappa shape index (κ1) is 15.9. The van der Waals surface area contributed by atoms with Crippen LogP contribution in [-0.4, -0.2) is 36.8 Å². The SMILES string of the molecule is CCC1CCN(Cc2cc(C#CCCO)ccc2OC)C1. The van der Waals surface area contributed by atoms with Crippen LogP contribution in [-0.2, 0) is 6.54 Å². The van der Waals surface area contributed by atoms with E-state index in [4.69, 9.17) is 9.84 Å². The molecule has 1 aliphatic heterocycles. The first-order valence-electron chi connectivity index (χ1n) is 7.75. The standard InChI is InChI=1S/C18H25NO2/c1-3-15-9-10-19(13-15)14-17-12-16(6-4-5-11-20)7-8-18(17)21-2/h7-8,12,15,20H,3,5,9-11,13-14H2,1-2H3. The summed E-state index contributed by atoms with van der Waals surface area (Å²) in [5, 5.41) is 8.79. The van der Waals surface area contributed by atoms with Crippen molar-refractivity contribution in [3.63, 3.8) is 0 Å². The summed E-state index contributed by atoms with van der Waals surface area (Å²) in [4.78, 5) is 2.50. The normalized spacial score (nSPS) is 18.3. The number of benzene rings is 1. The van der Waals surface area contributed by atoms with E-state index in [9.17, 15) is 0 Å². The predicted molar refractivity (Wildman–Crippen MR) is 85.2 cm³/mol. The molecular weight excluding hydrogens is 262 g/mol. The lowest BCUT2D eigenvalue weighted by Gasteiger charge is -2.18. The topological polar surface area (TPSA) is 32.7 Å². The fourth-order valence-corrected chi connectivity index (χ4v) is 2.83. The molecule has 1 atom stereocenters. The van der Waals surface area contributed by atoms with E-state index >= 15 is 0 Å². The van der Waals surface area contributed by atoms with Gasteiger partial charge in [0.25, 0.3) is 0 Å². The van der Waals surface area contributed by atoms with Gasteiger partial charge in [-0.15, -0.1) is 0 Å². The number of hydrogen-bond acceptors (Lipinski definition) is 3. The van der Waals surface area contributed by atoms with Crippen LogP contribution in [0.2, 0.25) is 0 Å². The summed E-state index contributed by atoms with van der Waals surface area (Å²) < 4.78 is 5.47. The van der Waals surface area contributed by atoms with Crippen molar-refractivity contribution in [1.82, 2.24) is 4.90 Å². The summed E-state index contributed by atoms with van der Waals surface area (Å²) in [6, 6.07) is 6.08. The number of ether oxygens (including phenoxy) is 1. The van der Waals surface area contributed by atoms with Gasteiger partial charge >= 0.3 is 0 Å². The van der Waals surface area contributed by atoms with E-state index in [0.717, 1.165) is 23.8 Å². The highest BCUT2D eigenvalue weighted by atomic mass is 16.5. The zero-order valence-corrected chi connectivity index (χ0v) is 13.1. The van der Waals surface area contributed by atoms with Gasteiger partial charge < -0.3 is 9.84 Å². The van der Waals surface area contributed by atoms with Gasteiger partial charge in [0.05, 0.1) is 13.7 Å². The lowest BCUT2D eigenvalue weighted by molar-refractivity contribution is 0.305. The molecule has 3 nitrogen and oxygen atoms in total. The van der Waals surface area contributed by atoms with Crippen molar-refractivity contribution < 1.29 is 9.84 Å². The molecular formula is C18H25NO2. The molecule has 0 aliphatic carbocycles. The summed E-state index contributed by atoms with van der Waals surface area (Å²) >= 11 is 0. The molecule has 3 heteroatoms. The molecule has 1 heterocycles. The largest absolute Gasteiger partial charge is 0.496 e. The molecule has 1 N–H and O–H groups in total. The maximum absolute atomic E-state index is 8.79. The Hall–Kier alpha value is -1.50. The van der Waals surface area contributed by atoms with E-state index in [2.05, 4.69) is 29.7 Å². The van der Waals surface area contributed by atoms with Gasteiger partial charge in [0.2, 0.25) is 0 Å². The predicted octanol–water partition coefficient (Wildman–Crippen LogP) is 2.66. The third-order valence-corrected chi connectivity index (χ3v) is 4.09. The minimum atomic E-state index is 0.113. The number of nitrogens with zero attached hydrogens (tertiary/aromatic N) is 1. The van der Waals surface area contributed by atoms with Gasteiger partial charge in [0.1, 0.15) is 5.75 Å². The molecule has 2 rings (SSSR count). The van der Waals surface area contributed by atoms with E-state index in [1.165, 1.54) is 31.5 Å². The maximum atomic E-state index is 8.79. The minimum Gasteiger partial charge on any atom is -0.496 e. The minimum absolute atomic E-state index is 0.113. The highest BCUT2D eigenvalue weighted by Crippen LogP contribution is 2.25. The Bertz CT molecular complexity index is 516. The molecule has 0 saturated carbocycles.